The topological polar surface area (TPSA) is 161 Å². The molecule has 6 N–H and O–H groups in total. The number of aliphatic carboxylic acids is 1. The van der Waals surface area contributed by atoms with E-state index in [0.29, 0.717) is 6.42 Å². The van der Waals surface area contributed by atoms with E-state index in [2.05, 4.69) is 20.9 Å². The van der Waals surface area contributed by atoms with E-state index in [1.807, 2.05) is 24.3 Å². The fourth-order valence-corrected chi connectivity index (χ4v) is 3.78. The van der Waals surface area contributed by atoms with Crippen LogP contribution in [0.4, 0.5) is 0 Å². The van der Waals surface area contributed by atoms with Crippen molar-refractivity contribution >= 4 is 34.6 Å². The third-order valence-corrected chi connectivity index (χ3v) is 5.50. The lowest BCUT2D eigenvalue weighted by molar-refractivity contribution is -0.138. The van der Waals surface area contributed by atoms with Crippen LogP contribution in [0.25, 0.3) is 10.9 Å². The summed E-state index contributed by atoms with van der Waals surface area (Å²) in [6.07, 6.45) is 2.56. The summed E-state index contributed by atoms with van der Waals surface area (Å²) >= 11 is 0. The molecule has 0 aliphatic rings. The Morgan fingerprint density at radius 3 is 2.34 bits per heavy atom. The number of aryl methyl sites for hydroxylation is 1. The first-order valence-corrected chi connectivity index (χ1v) is 11.1. The van der Waals surface area contributed by atoms with Gasteiger partial charge in [-0.1, -0.05) is 30.3 Å². The molecular weight excluding hydrogens is 452 g/mol. The number of para-hydroxylation sites is 1. The zero-order valence-electron chi connectivity index (χ0n) is 19.2. The number of carboxylic acids is 1. The van der Waals surface area contributed by atoms with Crippen molar-refractivity contribution in [2.45, 2.75) is 38.3 Å². The fourth-order valence-electron chi connectivity index (χ4n) is 3.78. The summed E-state index contributed by atoms with van der Waals surface area (Å²) in [5, 5.41) is 26.9. The van der Waals surface area contributed by atoms with Crippen molar-refractivity contribution in [3.63, 3.8) is 0 Å². The molecule has 0 aliphatic heterocycles. The highest BCUT2D eigenvalue weighted by atomic mass is 16.4. The number of nitrogens with one attached hydrogen (secondary N) is 4. The fraction of sp³-hybridized carbons (Fsp3) is 0.280. The minimum Gasteiger partial charge on any atom is -0.508 e. The van der Waals surface area contributed by atoms with Gasteiger partial charge in [0.2, 0.25) is 17.7 Å². The molecule has 0 fully saturated rings. The zero-order chi connectivity index (χ0) is 25.4. The van der Waals surface area contributed by atoms with E-state index >= 15 is 0 Å². The average Bonchev–Trinajstić information content (AvgIpc) is 3.23. The van der Waals surface area contributed by atoms with Crippen molar-refractivity contribution in [3.8, 4) is 5.75 Å². The van der Waals surface area contributed by atoms with E-state index in [4.69, 9.17) is 5.11 Å². The van der Waals surface area contributed by atoms with Gasteiger partial charge >= 0.3 is 5.97 Å². The molecule has 3 rings (SSSR count). The maximum atomic E-state index is 13.1. The summed E-state index contributed by atoms with van der Waals surface area (Å²) in [5.41, 5.74) is 2.50. The van der Waals surface area contributed by atoms with Gasteiger partial charge in [0.25, 0.3) is 0 Å². The Morgan fingerprint density at radius 1 is 0.943 bits per heavy atom. The Kier molecular flexibility index (Phi) is 8.44. The number of hydrogen-bond acceptors (Lipinski definition) is 5. The molecule has 10 heteroatoms. The van der Waals surface area contributed by atoms with Gasteiger partial charge in [-0.05, 0) is 42.2 Å². The maximum Gasteiger partial charge on any atom is 0.322 e. The van der Waals surface area contributed by atoms with E-state index in [1.54, 1.807) is 18.3 Å². The first-order chi connectivity index (χ1) is 16.7. The van der Waals surface area contributed by atoms with E-state index in [1.165, 1.54) is 19.1 Å². The van der Waals surface area contributed by atoms with Crippen LogP contribution < -0.4 is 16.0 Å². The number of phenols is 1. The molecule has 35 heavy (non-hydrogen) atoms. The minimum atomic E-state index is -1.21. The molecule has 2 aromatic carbocycles. The summed E-state index contributed by atoms with van der Waals surface area (Å²) in [6.45, 7) is 0.707. The molecule has 0 spiro atoms. The standard InChI is InChI=1S/C25H28N4O6/c1-15(30)28-21(11-8-16-6-9-18(31)10-7-16)25(35)29-22(24(34)27-14-23(32)33)12-17-13-26-20-5-3-2-4-19(17)20/h2-7,9-10,13,21-22,26,31H,8,11-12,14H2,1H3,(H,27,34)(H,28,30)(H,29,35)(H,32,33). The average molecular weight is 481 g/mol. The highest BCUT2D eigenvalue weighted by molar-refractivity contribution is 5.93. The van der Waals surface area contributed by atoms with Crippen LogP contribution in [0.5, 0.6) is 5.75 Å². The second-order valence-electron chi connectivity index (χ2n) is 8.19. The van der Waals surface area contributed by atoms with Gasteiger partial charge in [0.15, 0.2) is 0 Å². The lowest BCUT2D eigenvalue weighted by Crippen LogP contribution is -2.54. The molecule has 1 heterocycles. The molecule has 0 radical (unpaired) electrons. The number of carbonyl (C=O) groups excluding carboxylic acids is 3. The van der Waals surface area contributed by atoms with Gasteiger partial charge in [0, 0.05) is 30.4 Å². The molecule has 2 unspecified atom stereocenters. The number of aromatic hydroxyl groups is 1. The number of fused-ring (bicyclic) bond motifs is 1. The Hall–Kier alpha value is -4.34. The quantitative estimate of drug-likeness (QED) is 0.242. The Balaban J connectivity index is 1.77. The lowest BCUT2D eigenvalue weighted by Gasteiger charge is -2.23. The van der Waals surface area contributed by atoms with Crippen LogP contribution in [0.3, 0.4) is 0 Å². The Morgan fingerprint density at radius 2 is 1.66 bits per heavy atom. The second-order valence-corrected chi connectivity index (χ2v) is 8.19. The lowest BCUT2D eigenvalue weighted by atomic mass is 10.0. The zero-order valence-corrected chi connectivity index (χ0v) is 19.2. The van der Waals surface area contributed by atoms with Crippen LogP contribution in [-0.2, 0) is 32.0 Å². The first kappa shape index (κ1) is 25.3. The molecular formula is C25H28N4O6. The number of carboxylic acid groups (broad SMARTS) is 1. The predicted octanol–water partition coefficient (Wildman–Crippen LogP) is 1.24. The Bertz CT molecular complexity index is 1200. The van der Waals surface area contributed by atoms with E-state index in [-0.39, 0.29) is 18.6 Å². The molecule has 0 aliphatic carbocycles. The second kappa shape index (κ2) is 11.7. The van der Waals surface area contributed by atoms with Crippen LogP contribution in [0.2, 0.25) is 0 Å². The highest BCUT2D eigenvalue weighted by Crippen LogP contribution is 2.19. The van der Waals surface area contributed by atoms with Gasteiger partial charge in [0.05, 0.1) is 0 Å². The van der Waals surface area contributed by atoms with Crippen molar-refractivity contribution < 1.29 is 29.4 Å². The third kappa shape index (κ3) is 7.32. The smallest absolute Gasteiger partial charge is 0.322 e. The van der Waals surface area contributed by atoms with Crippen LogP contribution in [0.1, 0.15) is 24.5 Å². The summed E-state index contributed by atoms with van der Waals surface area (Å²) in [5.74, 6) is -2.70. The van der Waals surface area contributed by atoms with Gasteiger partial charge in [-0.2, -0.15) is 0 Å². The van der Waals surface area contributed by atoms with Gasteiger partial charge < -0.3 is 31.1 Å². The summed E-state index contributed by atoms with van der Waals surface area (Å²) in [4.78, 5) is 51.7. The molecule has 184 valence electrons. The number of H-pyrrole nitrogens is 1. The largest absolute Gasteiger partial charge is 0.508 e. The highest BCUT2D eigenvalue weighted by Gasteiger charge is 2.27. The van der Waals surface area contributed by atoms with Gasteiger partial charge in [-0.25, -0.2) is 0 Å². The molecule has 10 nitrogen and oxygen atoms in total. The molecule has 3 amide bonds. The van der Waals surface area contributed by atoms with Crippen LogP contribution in [-0.4, -0.2) is 57.5 Å². The Labute approximate surface area is 201 Å². The molecule has 1 aromatic heterocycles. The van der Waals surface area contributed by atoms with Crippen LogP contribution in [0, 0.1) is 0 Å². The first-order valence-electron chi connectivity index (χ1n) is 11.1. The molecule has 3 aromatic rings. The van der Waals surface area contributed by atoms with Gasteiger partial charge in [0.1, 0.15) is 24.4 Å². The summed E-state index contributed by atoms with van der Waals surface area (Å²) in [7, 11) is 0. The maximum absolute atomic E-state index is 13.1. The number of phenolic OH excluding ortho intramolecular Hbond substituents is 1. The van der Waals surface area contributed by atoms with Crippen molar-refractivity contribution in [2.75, 3.05) is 6.54 Å². The molecule has 0 saturated heterocycles. The number of benzene rings is 2. The minimum absolute atomic E-state index is 0.117. The van der Waals surface area contributed by atoms with E-state index in [9.17, 15) is 24.3 Å². The normalized spacial score (nSPS) is 12.5. The van der Waals surface area contributed by atoms with Crippen molar-refractivity contribution in [2.24, 2.45) is 0 Å². The summed E-state index contributed by atoms with van der Waals surface area (Å²) < 4.78 is 0. The van der Waals surface area contributed by atoms with E-state index < -0.39 is 42.3 Å². The third-order valence-electron chi connectivity index (χ3n) is 5.50. The number of carbonyl (C=O) groups is 4. The molecule has 0 bridgehead atoms. The van der Waals surface area contributed by atoms with Gasteiger partial charge in [-0.15, -0.1) is 0 Å². The number of aromatic amines is 1. The van der Waals surface area contributed by atoms with Crippen molar-refractivity contribution in [3.05, 3.63) is 65.9 Å². The summed E-state index contributed by atoms with van der Waals surface area (Å²) in [6, 6.07) is 12.0. The van der Waals surface area contributed by atoms with Crippen molar-refractivity contribution in [1.82, 2.24) is 20.9 Å². The molecule has 0 saturated carbocycles. The van der Waals surface area contributed by atoms with E-state index in [0.717, 1.165) is 22.0 Å². The monoisotopic (exact) mass is 480 g/mol. The van der Waals surface area contributed by atoms with Crippen molar-refractivity contribution in [1.29, 1.82) is 0 Å². The predicted molar refractivity (Wildman–Crippen MR) is 129 cm³/mol. The number of rotatable bonds is 11. The van der Waals surface area contributed by atoms with Crippen LogP contribution in [0.15, 0.2) is 54.7 Å². The number of aromatic nitrogens is 1. The van der Waals surface area contributed by atoms with Crippen LogP contribution >= 0.6 is 0 Å². The number of amides is 3. The molecule has 2 atom stereocenters. The number of hydrogen-bond donors (Lipinski definition) is 6. The van der Waals surface area contributed by atoms with Gasteiger partial charge in [-0.3, -0.25) is 19.2 Å². The SMILES string of the molecule is CC(=O)NC(CCc1ccc(O)cc1)C(=O)NC(Cc1c[nH]c2ccccc12)C(=O)NCC(=O)O.